The van der Waals surface area contributed by atoms with Gasteiger partial charge in [-0.1, -0.05) is 0 Å². The maximum Gasteiger partial charge on any atom is 0.475 e. The molecule has 1 fully saturated rings. The van der Waals surface area contributed by atoms with Crippen LogP contribution < -0.4 is 11.4 Å². The van der Waals surface area contributed by atoms with Crippen LogP contribution in [0.25, 0.3) is 0 Å². The topological polar surface area (TPSA) is 267 Å². The number of ether oxygens (including phenoxy) is 1. The van der Waals surface area contributed by atoms with Gasteiger partial charge in [-0.25, -0.2) is 9.36 Å². The average molecular weight is 607 g/mol. The Kier molecular flexibility index (Phi) is 8.73. The highest BCUT2D eigenvalue weighted by atomic mass is 32.1. The van der Waals surface area contributed by atoms with Gasteiger partial charge in [-0.3, -0.25) is 18.1 Å². The van der Waals surface area contributed by atoms with Crippen LogP contribution in [0.5, 0.6) is 0 Å². The molecule has 0 unspecified atom stereocenters. The van der Waals surface area contributed by atoms with Gasteiger partial charge in [0.25, 0.3) is 0 Å². The lowest BCUT2D eigenvalue weighted by atomic mass is 10.1. The Labute approximate surface area is 224 Å². The van der Waals surface area contributed by atoms with Crippen LogP contribution in [0.2, 0.25) is 0 Å². The lowest BCUT2D eigenvalue weighted by Crippen LogP contribution is -2.36. The summed E-state index contributed by atoms with van der Waals surface area (Å²) in [6, 6.07) is 1.27. The van der Waals surface area contributed by atoms with Gasteiger partial charge in [-0.05, 0) is 48.6 Å². The molecule has 0 spiro atoms. The van der Waals surface area contributed by atoms with E-state index in [0.717, 1.165) is 17.0 Å². The van der Waals surface area contributed by atoms with Gasteiger partial charge in [0.1, 0.15) is 24.1 Å². The van der Waals surface area contributed by atoms with Gasteiger partial charge in [-0.15, -0.1) is 0 Å². The third-order valence-corrected chi connectivity index (χ3v) is 8.19. The molecule has 39 heavy (non-hydrogen) atoms. The van der Waals surface area contributed by atoms with Crippen LogP contribution in [0, 0.1) is 20.2 Å². The molecule has 1 aliphatic rings. The molecule has 0 saturated carbocycles. The lowest BCUT2D eigenvalue weighted by Gasteiger charge is -2.20. The molecular weight excluding hydrogens is 589 g/mol. The zero-order chi connectivity index (χ0) is 28.3. The maximum atomic E-state index is 13.4. The van der Waals surface area contributed by atoms with Crippen LogP contribution in [-0.2, 0) is 36.1 Å². The zero-order valence-electron chi connectivity index (χ0n) is 19.2. The molecule has 1 saturated heterocycles. The molecule has 0 aliphatic carbocycles. The first-order valence-electron chi connectivity index (χ1n) is 10.5. The number of hydrogen-bond donors (Lipinski definition) is 3. The van der Waals surface area contributed by atoms with Crippen LogP contribution in [0.4, 0.5) is 16.1 Å². The van der Waals surface area contributed by atoms with Crippen LogP contribution in [-0.4, -0.2) is 64.5 Å². The van der Waals surface area contributed by atoms with E-state index in [2.05, 4.69) is 15.0 Å². The molecule has 4 atom stereocenters. The molecule has 19 nitrogen and oxygen atoms in total. The Morgan fingerprint density at radius 2 is 1.62 bits per heavy atom. The number of nitro groups is 2. The van der Waals surface area contributed by atoms with E-state index in [4.69, 9.17) is 24.0 Å². The second-order valence-electron chi connectivity index (χ2n) is 7.61. The molecule has 4 heterocycles. The molecule has 210 valence electrons. The molecule has 4 rings (SSSR count). The van der Waals surface area contributed by atoms with E-state index >= 15 is 0 Å². The number of nitrogens with two attached hydrogens (primary N) is 1. The molecular formula is C17H18N7O12PS2. The molecule has 3 aromatic heterocycles. The van der Waals surface area contributed by atoms with Gasteiger partial charge < -0.3 is 40.9 Å². The molecule has 0 bridgehead atoms. The maximum absolute atomic E-state index is 13.4. The molecule has 4 N–H and O–H groups in total. The summed E-state index contributed by atoms with van der Waals surface area (Å²) in [6.45, 7) is -1.65. The van der Waals surface area contributed by atoms with E-state index < -0.39 is 78.0 Å². The van der Waals surface area contributed by atoms with Crippen LogP contribution in [0.3, 0.4) is 0 Å². The Bertz CT molecular complexity index is 1400. The predicted octanol–water partition coefficient (Wildman–Crippen LogP) is 0.732. The van der Waals surface area contributed by atoms with Crippen molar-refractivity contribution >= 4 is 46.6 Å². The van der Waals surface area contributed by atoms with E-state index in [9.17, 15) is 39.8 Å². The Morgan fingerprint density at radius 1 is 1.05 bits per heavy atom. The smallest absolute Gasteiger partial charge is 0.387 e. The summed E-state index contributed by atoms with van der Waals surface area (Å²) in [5.74, 6) is -0.0723. The van der Waals surface area contributed by atoms with Crippen LogP contribution in [0.15, 0.2) is 29.5 Å². The van der Waals surface area contributed by atoms with Crippen molar-refractivity contribution in [3.05, 3.63) is 65.1 Å². The van der Waals surface area contributed by atoms with Crippen LogP contribution in [0.1, 0.15) is 16.0 Å². The minimum atomic E-state index is -4.54. The minimum Gasteiger partial charge on any atom is -0.387 e. The molecule has 0 radical (unpaired) electrons. The van der Waals surface area contributed by atoms with Crippen molar-refractivity contribution in [1.82, 2.24) is 19.5 Å². The summed E-state index contributed by atoms with van der Waals surface area (Å²) in [4.78, 5) is 43.5. The lowest BCUT2D eigenvalue weighted by molar-refractivity contribution is -0.384. The number of phosphoric acid groups is 1. The Hall–Kier alpha value is -3.27. The van der Waals surface area contributed by atoms with Gasteiger partial charge in [-0.2, -0.15) is 4.98 Å². The number of hydrogen-bond acceptors (Lipinski definition) is 18. The van der Waals surface area contributed by atoms with Gasteiger partial charge >= 0.3 is 23.8 Å². The summed E-state index contributed by atoms with van der Waals surface area (Å²) >= 11 is 1.30. The summed E-state index contributed by atoms with van der Waals surface area (Å²) in [7, 11) is -4.54. The van der Waals surface area contributed by atoms with Crippen molar-refractivity contribution in [2.45, 2.75) is 37.8 Å². The number of phosphoric ester groups is 1. The second kappa shape index (κ2) is 11.9. The highest BCUT2D eigenvalue weighted by Gasteiger charge is 2.45. The normalized spacial score (nSPS) is 21.3. The number of aromatic nitrogens is 4. The number of aliphatic hydroxyl groups excluding tert-OH is 2. The Morgan fingerprint density at radius 3 is 2.10 bits per heavy atom. The highest BCUT2D eigenvalue weighted by Crippen LogP contribution is 2.52. The van der Waals surface area contributed by atoms with E-state index in [-0.39, 0.29) is 15.6 Å². The van der Waals surface area contributed by atoms with E-state index in [1.807, 2.05) is 0 Å². The van der Waals surface area contributed by atoms with Crippen molar-refractivity contribution in [2.75, 3.05) is 12.3 Å². The van der Waals surface area contributed by atoms with Gasteiger partial charge in [0, 0.05) is 6.20 Å². The number of rotatable bonds is 12. The third-order valence-electron chi connectivity index (χ3n) is 4.98. The summed E-state index contributed by atoms with van der Waals surface area (Å²) in [5, 5.41) is 41.7. The fourth-order valence-electron chi connectivity index (χ4n) is 3.17. The van der Waals surface area contributed by atoms with Gasteiger partial charge in [0.2, 0.25) is 0 Å². The van der Waals surface area contributed by atoms with Crippen molar-refractivity contribution in [2.24, 2.45) is 0 Å². The molecule has 0 amide bonds. The summed E-state index contributed by atoms with van der Waals surface area (Å²) < 4.78 is 35.7. The number of thiazole rings is 2. The molecule has 22 heteroatoms. The van der Waals surface area contributed by atoms with Crippen molar-refractivity contribution < 1.29 is 42.9 Å². The van der Waals surface area contributed by atoms with Crippen molar-refractivity contribution in [3.8, 4) is 0 Å². The van der Waals surface area contributed by atoms with Crippen molar-refractivity contribution in [3.63, 3.8) is 0 Å². The SMILES string of the molecule is Nc1ccn([C@@H]2O[C@H](COP(=O)(OCc3cnc([N+](=O)[O-])s3)OCc3cnc([N+](=O)[O-])s3)[C@H](O)[C@@H]2O)c(=O)n1. The minimum absolute atomic E-state index is 0.0723. The number of aliphatic hydroxyl groups is 2. The Balaban J connectivity index is 1.46. The third kappa shape index (κ3) is 6.84. The largest absolute Gasteiger partial charge is 0.475 e. The quantitative estimate of drug-likeness (QED) is 0.145. The predicted molar refractivity (Wildman–Crippen MR) is 130 cm³/mol. The monoisotopic (exact) mass is 607 g/mol. The first-order chi connectivity index (χ1) is 18.5. The summed E-state index contributed by atoms with van der Waals surface area (Å²) in [5.41, 5.74) is 4.60. The first kappa shape index (κ1) is 28.7. The fourth-order valence-corrected chi connectivity index (χ4v) is 5.77. The number of nitrogen functional groups attached to an aromatic ring is 1. The average Bonchev–Trinajstić information content (AvgIpc) is 3.62. The van der Waals surface area contributed by atoms with Crippen LogP contribution >= 0.6 is 30.5 Å². The van der Waals surface area contributed by atoms with E-state index in [1.54, 1.807) is 0 Å². The first-order valence-corrected chi connectivity index (χ1v) is 13.6. The van der Waals surface area contributed by atoms with Gasteiger partial charge in [0.05, 0.1) is 29.6 Å². The second-order valence-corrected chi connectivity index (χ2v) is 11.5. The highest BCUT2D eigenvalue weighted by molar-refractivity contribution is 7.48. The number of nitrogens with zero attached hydrogens (tertiary/aromatic N) is 6. The fraction of sp³-hybridized carbons (Fsp3) is 0.412. The summed E-state index contributed by atoms with van der Waals surface area (Å²) in [6.07, 6.45) is -2.48. The van der Waals surface area contributed by atoms with E-state index in [1.165, 1.54) is 12.3 Å². The van der Waals surface area contributed by atoms with E-state index in [0.29, 0.717) is 22.7 Å². The van der Waals surface area contributed by atoms with Gasteiger partial charge in [0.15, 0.2) is 18.6 Å². The standard InChI is InChI=1S/C17H18N7O12PS2/c18-11-1-2-22(15(27)21-11)14-13(26)12(25)10(36-14)7-35-37(32,33-5-8-3-19-16(38-8)23(28)29)34-6-9-4-20-17(39-9)24(30)31/h1-4,10,12-14,25-26H,5-7H2,(H2,18,21,27)/t10-,12+,13+,14-/m1/s1. The molecule has 3 aromatic rings. The zero-order valence-corrected chi connectivity index (χ0v) is 21.8. The molecule has 1 aliphatic heterocycles. The number of anilines is 1. The molecule has 0 aromatic carbocycles. The van der Waals surface area contributed by atoms with Crippen molar-refractivity contribution in [1.29, 1.82) is 0 Å².